The van der Waals surface area contributed by atoms with Crippen molar-refractivity contribution in [3.8, 4) is 11.5 Å². The third-order valence-corrected chi connectivity index (χ3v) is 6.63. The molecule has 4 aliphatic rings. The van der Waals surface area contributed by atoms with E-state index < -0.39 is 35.9 Å². The third-order valence-electron chi connectivity index (χ3n) is 6.63. The lowest BCUT2D eigenvalue weighted by atomic mass is 9.60. The molecule has 6 atom stereocenters. The number of benzene rings is 1. The van der Waals surface area contributed by atoms with Gasteiger partial charge in [0.1, 0.15) is 5.78 Å². The highest BCUT2D eigenvalue weighted by Gasteiger charge is 2.60. The molecule has 8 heteroatoms. The first-order valence-electron chi connectivity index (χ1n) is 9.58. The second-order valence-electron chi connectivity index (χ2n) is 8.07. The Morgan fingerprint density at radius 3 is 2.57 bits per heavy atom. The van der Waals surface area contributed by atoms with E-state index in [1.165, 1.54) is 4.90 Å². The van der Waals surface area contributed by atoms with Gasteiger partial charge in [0.05, 0.1) is 30.6 Å². The lowest BCUT2D eigenvalue weighted by Crippen LogP contribution is -2.54. The van der Waals surface area contributed by atoms with Crippen LogP contribution in [0.1, 0.15) is 24.8 Å². The first kappa shape index (κ1) is 17.6. The highest BCUT2D eigenvalue weighted by Crippen LogP contribution is 2.49. The van der Waals surface area contributed by atoms with Gasteiger partial charge in [0.15, 0.2) is 11.5 Å². The molecular weight excluding hydrogens is 366 g/mol. The topological polar surface area (TPSA) is 113 Å². The maximum atomic E-state index is 13.1. The van der Waals surface area contributed by atoms with E-state index in [4.69, 9.17) is 9.47 Å². The van der Waals surface area contributed by atoms with Gasteiger partial charge in [0.2, 0.25) is 18.6 Å². The second kappa shape index (κ2) is 6.28. The molecule has 0 spiro atoms. The number of hydrogen-bond acceptors (Lipinski definition) is 7. The Morgan fingerprint density at radius 2 is 1.75 bits per heavy atom. The minimum atomic E-state index is -1.18. The fraction of sp³-hybridized carbons (Fsp3) is 0.550. The molecule has 1 saturated heterocycles. The largest absolute Gasteiger partial charge is 0.454 e. The van der Waals surface area contributed by atoms with Crippen LogP contribution in [0, 0.1) is 23.7 Å². The van der Waals surface area contributed by atoms with Crippen LogP contribution in [-0.4, -0.2) is 51.7 Å². The van der Waals surface area contributed by atoms with Crippen molar-refractivity contribution in [1.82, 2.24) is 4.90 Å². The molecule has 1 aromatic carbocycles. The highest BCUT2D eigenvalue weighted by atomic mass is 16.7. The van der Waals surface area contributed by atoms with Crippen LogP contribution in [0.2, 0.25) is 0 Å². The smallest absolute Gasteiger partial charge is 0.233 e. The van der Waals surface area contributed by atoms with E-state index in [0.717, 1.165) is 5.56 Å². The molecule has 3 fully saturated rings. The zero-order chi connectivity index (χ0) is 19.6. The number of hydrogen-bond donors (Lipinski definition) is 2. The molecule has 28 heavy (non-hydrogen) atoms. The first-order valence-corrected chi connectivity index (χ1v) is 9.58. The SMILES string of the molecule is O=C1C[C@@H](O)[C@@H](O)[C@@H]2[C@@H]3C(=O)N(Cc4ccc5c(c4)OCO5)C(=O)[C@@H]3CC[C@@H]12. The monoisotopic (exact) mass is 387 g/mol. The number of carbonyl (C=O) groups is 3. The van der Waals surface area contributed by atoms with E-state index >= 15 is 0 Å². The lowest BCUT2D eigenvalue weighted by Gasteiger charge is -2.44. The predicted molar refractivity (Wildman–Crippen MR) is 93.0 cm³/mol. The summed E-state index contributed by atoms with van der Waals surface area (Å²) in [7, 11) is 0. The van der Waals surface area contributed by atoms with Crippen LogP contribution >= 0.6 is 0 Å². The highest BCUT2D eigenvalue weighted by molar-refractivity contribution is 6.06. The van der Waals surface area contributed by atoms with Gasteiger partial charge in [0.25, 0.3) is 0 Å². The number of imide groups is 1. The summed E-state index contributed by atoms with van der Waals surface area (Å²) in [6, 6.07) is 5.27. The van der Waals surface area contributed by atoms with E-state index in [-0.39, 0.29) is 37.4 Å². The maximum Gasteiger partial charge on any atom is 0.233 e. The lowest BCUT2D eigenvalue weighted by molar-refractivity contribution is -0.156. The maximum absolute atomic E-state index is 13.1. The molecule has 5 rings (SSSR count). The predicted octanol–water partition coefficient (Wildman–Crippen LogP) is 0.237. The molecule has 2 aliphatic carbocycles. The molecule has 2 N–H and O–H groups in total. The van der Waals surface area contributed by atoms with E-state index in [1.54, 1.807) is 18.2 Å². The van der Waals surface area contributed by atoms with E-state index in [1.807, 2.05) is 0 Å². The number of fused-ring (bicyclic) bond motifs is 4. The summed E-state index contributed by atoms with van der Waals surface area (Å²) in [5.74, 6) is -2.05. The van der Waals surface area contributed by atoms with E-state index in [2.05, 4.69) is 0 Å². The summed E-state index contributed by atoms with van der Waals surface area (Å²) in [5, 5.41) is 20.6. The number of amides is 2. The summed E-state index contributed by atoms with van der Waals surface area (Å²) in [6.45, 7) is 0.243. The summed E-state index contributed by atoms with van der Waals surface area (Å²) >= 11 is 0. The number of aliphatic hydroxyl groups excluding tert-OH is 2. The standard InChI is InChI=1S/C20H21NO7/c22-12-6-13(23)18(24)16-10(12)2-3-11-17(16)20(26)21(19(11)25)7-9-1-4-14-15(5-9)28-8-27-14/h1,4-5,10-11,13,16-18,23-24H,2-3,6-8H2/t10-,11+,13+,16-,17+,18+/m0/s1. The molecule has 0 aromatic heterocycles. The Kier molecular flexibility index (Phi) is 3.96. The number of likely N-dealkylation sites (tertiary alicyclic amines) is 1. The van der Waals surface area contributed by atoms with Gasteiger partial charge in [-0.1, -0.05) is 6.07 Å². The Hall–Kier alpha value is -2.45. The van der Waals surface area contributed by atoms with Gasteiger partial charge in [-0.2, -0.15) is 0 Å². The van der Waals surface area contributed by atoms with Crippen molar-refractivity contribution >= 4 is 17.6 Å². The summed E-state index contributed by atoms with van der Waals surface area (Å²) in [5.41, 5.74) is 0.737. The molecule has 148 valence electrons. The Labute approximate surface area is 161 Å². The van der Waals surface area contributed by atoms with Crippen molar-refractivity contribution < 1.29 is 34.1 Å². The molecule has 2 amide bonds. The van der Waals surface area contributed by atoms with Crippen LogP contribution in [0.5, 0.6) is 11.5 Å². The molecule has 2 heterocycles. The number of carbonyl (C=O) groups excluding carboxylic acids is 3. The van der Waals surface area contributed by atoms with Crippen LogP contribution in [0.15, 0.2) is 18.2 Å². The van der Waals surface area contributed by atoms with Gasteiger partial charge in [-0.05, 0) is 30.5 Å². The number of ketones is 1. The molecule has 2 aliphatic heterocycles. The molecule has 1 aromatic rings. The van der Waals surface area contributed by atoms with Gasteiger partial charge in [-0.15, -0.1) is 0 Å². The average Bonchev–Trinajstić information content (AvgIpc) is 3.24. The summed E-state index contributed by atoms with van der Waals surface area (Å²) in [4.78, 5) is 39.7. The van der Waals surface area contributed by atoms with Crippen molar-refractivity contribution in [2.45, 2.75) is 38.0 Å². The fourth-order valence-corrected chi connectivity index (χ4v) is 5.29. The Balaban J connectivity index is 1.43. The van der Waals surface area contributed by atoms with Gasteiger partial charge in [0, 0.05) is 18.3 Å². The van der Waals surface area contributed by atoms with Crippen molar-refractivity contribution in [2.75, 3.05) is 6.79 Å². The number of Topliss-reactive ketones (excluding diaryl/α,β-unsaturated/α-hetero) is 1. The molecule has 8 nitrogen and oxygen atoms in total. The minimum absolute atomic E-state index is 0.0945. The number of ether oxygens (including phenoxy) is 2. The van der Waals surface area contributed by atoms with Crippen molar-refractivity contribution in [2.24, 2.45) is 23.7 Å². The van der Waals surface area contributed by atoms with Crippen LogP contribution in [0.25, 0.3) is 0 Å². The number of nitrogens with zero attached hydrogens (tertiary/aromatic N) is 1. The van der Waals surface area contributed by atoms with Gasteiger partial charge in [-0.3, -0.25) is 19.3 Å². The zero-order valence-electron chi connectivity index (χ0n) is 15.1. The summed E-state index contributed by atoms with van der Waals surface area (Å²) < 4.78 is 10.6. The zero-order valence-corrected chi connectivity index (χ0v) is 15.1. The van der Waals surface area contributed by atoms with Crippen LogP contribution in [0.4, 0.5) is 0 Å². The fourth-order valence-electron chi connectivity index (χ4n) is 5.29. The molecule has 0 radical (unpaired) electrons. The van der Waals surface area contributed by atoms with E-state index in [0.29, 0.717) is 24.3 Å². The first-order chi connectivity index (χ1) is 13.5. The van der Waals surface area contributed by atoms with E-state index in [9.17, 15) is 24.6 Å². The van der Waals surface area contributed by atoms with Crippen molar-refractivity contribution in [3.05, 3.63) is 23.8 Å². The van der Waals surface area contributed by atoms with Gasteiger partial charge in [-0.25, -0.2) is 0 Å². The second-order valence-corrected chi connectivity index (χ2v) is 8.07. The molecule has 0 unspecified atom stereocenters. The molecular formula is C20H21NO7. The van der Waals surface area contributed by atoms with Crippen LogP contribution in [0.3, 0.4) is 0 Å². The van der Waals surface area contributed by atoms with Crippen LogP contribution in [-0.2, 0) is 20.9 Å². The third kappa shape index (κ3) is 2.48. The van der Waals surface area contributed by atoms with Crippen LogP contribution < -0.4 is 9.47 Å². The van der Waals surface area contributed by atoms with Crippen molar-refractivity contribution in [1.29, 1.82) is 0 Å². The summed E-state index contributed by atoms with van der Waals surface area (Å²) in [6.07, 6.45) is -1.53. The quantitative estimate of drug-likeness (QED) is 0.699. The average molecular weight is 387 g/mol. The molecule has 2 saturated carbocycles. The minimum Gasteiger partial charge on any atom is -0.454 e. The van der Waals surface area contributed by atoms with Gasteiger partial charge < -0.3 is 19.7 Å². The number of aliphatic hydroxyl groups is 2. The Morgan fingerprint density at radius 1 is 1.00 bits per heavy atom. The Bertz CT molecular complexity index is 868. The normalized spacial score (nSPS) is 36.5. The van der Waals surface area contributed by atoms with Gasteiger partial charge >= 0.3 is 0 Å². The number of rotatable bonds is 2. The van der Waals surface area contributed by atoms with Crippen molar-refractivity contribution in [3.63, 3.8) is 0 Å². The molecule has 0 bridgehead atoms.